The first-order valence-corrected chi connectivity index (χ1v) is 10.8. The van der Waals surface area contributed by atoms with E-state index in [0.717, 1.165) is 25.7 Å². The second-order valence-corrected chi connectivity index (χ2v) is 7.82. The maximum absolute atomic E-state index is 14.2. The molecule has 0 bridgehead atoms. The summed E-state index contributed by atoms with van der Waals surface area (Å²) in [6.45, 7) is 0.157. The Morgan fingerprint density at radius 2 is 1.73 bits per heavy atom. The predicted molar refractivity (Wildman–Crippen MR) is 119 cm³/mol. The van der Waals surface area contributed by atoms with Gasteiger partial charge in [-0.15, -0.1) is 0 Å². The minimum absolute atomic E-state index is 0.0538. The molecule has 0 atom stereocenters. The minimum atomic E-state index is -0.750. The van der Waals surface area contributed by atoms with Crippen LogP contribution in [0.2, 0.25) is 0 Å². The highest BCUT2D eigenvalue weighted by molar-refractivity contribution is 6.07. The van der Waals surface area contributed by atoms with Crippen molar-refractivity contribution in [3.8, 4) is 16.9 Å². The Hall–Kier alpha value is -3.52. The average Bonchev–Trinajstić information content (AvgIpc) is 3.50. The van der Waals surface area contributed by atoms with Crippen molar-refractivity contribution in [2.45, 2.75) is 38.4 Å². The highest BCUT2D eigenvalue weighted by Gasteiger charge is 2.32. The summed E-state index contributed by atoms with van der Waals surface area (Å²) < 4.78 is 31.5. The van der Waals surface area contributed by atoms with E-state index in [1.807, 2.05) is 6.07 Å². The highest BCUT2D eigenvalue weighted by Crippen LogP contribution is 2.33. The van der Waals surface area contributed by atoms with E-state index in [0.29, 0.717) is 16.8 Å². The number of ether oxygens (including phenoxy) is 3. The molecule has 0 saturated heterocycles. The molecule has 1 aromatic heterocycles. The first-order chi connectivity index (χ1) is 16.0. The maximum atomic E-state index is 14.2. The van der Waals surface area contributed by atoms with E-state index >= 15 is 0 Å². The molecule has 1 heterocycles. The van der Waals surface area contributed by atoms with Gasteiger partial charge >= 0.3 is 11.9 Å². The van der Waals surface area contributed by atoms with Gasteiger partial charge in [-0.2, -0.15) is 5.10 Å². The molecule has 33 heavy (non-hydrogen) atoms. The van der Waals surface area contributed by atoms with Gasteiger partial charge in [0.1, 0.15) is 17.1 Å². The van der Waals surface area contributed by atoms with Crippen LogP contribution in [-0.4, -0.2) is 42.0 Å². The first-order valence-electron chi connectivity index (χ1n) is 10.8. The normalized spacial score (nSPS) is 13.8. The maximum Gasteiger partial charge on any atom is 0.357 e. The van der Waals surface area contributed by atoms with Gasteiger partial charge in [0.25, 0.3) is 0 Å². The van der Waals surface area contributed by atoms with Gasteiger partial charge in [0, 0.05) is 5.56 Å². The number of nitrogens with zero attached hydrogens (tertiary/aromatic N) is 2. The van der Waals surface area contributed by atoms with E-state index in [-0.39, 0.29) is 29.7 Å². The van der Waals surface area contributed by atoms with E-state index in [9.17, 15) is 14.0 Å². The van der Waals surface area contributed by atoms with Crippen LogP contribution in [-0.2, 0) is 20.8 Å². The number of para-hydroxylation sites is 1. The summed E-state index contributed by atoms with van der Waals surface area (Å²) in [5.74, 6) is -1.93. The van der Waals surface area contributed by atoms with Crippen LogP contribution in [0.3, 0.4) is 0 Å². The van der Waals surface area contributed by atoms with Gasteiger partial charge in [0.2, 0.25) is 0 Å². The number of carbonyl (C=O) groups excluding carboxylic acids is 2. The largest absolute Gasteiger partial charge is 0.465 e. The molecule has 3 aromatic rings. The highest BCUT2D eigenvalue weighted by atomic mass is 19.1. The lowest BCUT2D eigenvalue weighted by Gasteiger charge is -2.14. The lowest BCUT2D eigenvalue weighted by atomic mass is 10.00. The zero-order chi connectivity index (χ0) is 23.4. The summed E-state index contributed by atoms with van der Waals surface area (Å²) in [7, 11) is 2.45. The molecule has 8 heteroatoms. The molecular weight excluding hydrogens is 427 g/mol. The molecule has 4 rings (SSSR count). The molecule has 0 radical (unpaired) electrons. The number of benzene rings is 2. The molecule has 0 N–H and O–H groups in total. The number of esters is 2. The molecule has 1 saturated carbocycles. The van der Waals surface area contributed by atoms with Gasteiger partial charge in [-0.05, 0) is 48.7 Å². The number of rotatable bonds is 7. The third-order valence-corrected chi connectivity index (χ3v) is 5.75. The van der Waals surface area contributed by atoms with Gasteiger partial charge in [-0.3, -0.25) is 0 Å². The fraction of sp³-hybridized carbons (Fsp3) is 0.320. The minimum Gasteiger partial charge on any atom is -0.465 e. The zero-order valence-corrected chi connectivity index (χ0v) is 18.5. The molecule has 2 aromatic carbocycles. The fourth-order valence-electron chi connectivity index (χ4n) is 4.12. The number of halogens is 1. The third kappa shape index (κ3) is 4.66. The van der Waals surface area contributed by atoms with Crippen LogP contribution >= 0.6 is 0 Å². The van der Waals surface area contributed by atoms with E-state index in [4.69, 9.17) is 14.2 Å². The van der Waals surface area contributed by atoms with Crippen LogP contribution < -0.4 is 0 Å². The number of carbonyl (C=O) groups is 2. The Balaban J connectivity index is 1.89. The van der Waals surface area contributed by atoms with Crippen LogP contribution in [0.15, 0.2) is 48.5 Å². The number of methoxy groups -OCH3 is 2. The molecule has 0 amide bonds. The molecule has 1 fully saturated rings. The van der Waals surface area contributed by atoms with Crippen molar-refractivity contribution in [2.24, 2.45) is 0 Å². The lowest BCUT2D eigenvalue weighted by molar-refractivity contribution is 0.0457. The predicted octanol–water partition coefficient (Wildman–Crippen LogP) is 4.71. The van der Waals surface area contributed by atoms with Gasteiger partial charge in [0.05, 0.1) is 32.6 Å². The van der Waals surface area contributed by atoms with Crippen LogP contribution in [0.25, 0.3) is 16.9 Å². The Labute approximate surface area is 191 Å². The molecule has 0 aliphatic heterocycles. The van der Waals surface area contributed by atoms with E-state index < -0.39 is 17.8 Å². The molecule has 172 valence electrons. The van der Waals surface area contributed by atoms with Crippen molar-refractivity contribution < 1.29 is 28.2 Å². The van der Waals surface area contributed by atoms with E-state index in [1.165, 1.54) is 37.1 Å². The number of hydrogen-bond donors (Lipinski definition) is 0. The van der Waals surface area contributed by atoms with Crippen molar-refractivity contribution in [1.29, 1.82) is 0 Å². The van der Waals surface area contributed by atoms with Crippen molar-refractivity contribution in [1.82, 2.24) is 9.78 Å². The summed E-state index contributed by atoms with van der Waals surface area (Å²) in [5, 5.41) is 4.60. The SMILES string of the molecule is COC(=O)c1c(-c2ccc(F)cc2COC2CCCC2)nn(-c2ccccc2)c1C(=O)OC. The Kier molecular flexibility index (Phi) is 6.84. The van der Waals surface area contributed by atoms with E-state index in [1.54, 1.807) is 24.3 Å². The second-order valence-electron chi connectivity index (χ2n) is 7.82. The van der Waals surface area contributed by atoms with E-state index in [2.05, 4.69) is 5.10 Å². The zero-order valence-electron chi connectivity index (χ0n) is 18.5. The van der Waals surface area contributed by atoms with Crippen molar-refractivity contribution in [2.75, 3.05) is 14.2 Å². The second kappa shape index (κ2) is 9.95. The third-order valence-electron chi connectivity index (χ3n) is 5.75. The quantitative estimate of drug-likeness (QED) is 0.483. The van der Waals surface area contributed by atoms with Crippen LogP contribution in [0, 0.1) is 5.82 Å². The summed E-state index contributed by atoms with van der Waals surface area (Å²) in [6, 6.07) is 13.1. The molecule has 0 unspecified atom stereocenters. The van der Waals surface area contributed by atoms with Crippen LogP contribution in [0.5, 0.6) is 0 Å². The summed E-state index contributed by atoms with van der Waals surface area (Å²) in [4.78, 5) is 25.6. The topological polar surface area (TPSA) is 79.7 Å². The molecule has 1 aliphatic rings. The monoisotopic (exact) mass is 452 g/mol. The van der Waals surface area contributed by atoms with Crippen LogP contribution in [0.4, 0.5) is 4.39 Å². The first kappa shape index (κ1) is 22.7. The summed E-state index contributed by atoms with van der Waals surface area (Å²) in [6.07, 6.45) is 4.27. The van der Waals surface area contributed by atoms with Gasteiger partial charge in [0.15, 0.2) is 5.69 Å². The Morgan fingerprint density at radius 3 is 2.39 bits per heavy atom. The van der Waals surface area contributed by atoms with Crippen molar-refractivity contribution >= 4 is 11.9 Å². The fourth-order valence-corrected chi connectivity index (χ4v) is 4.12. The van der Waals surface area contributed by atoms with Gasteiger partial charge in [-0.25, -0.2) is 18.7 Å². The van der Waals surface area contributed by atoms with Gasteiger partial charge in [-0.1, -0.05) is 31.0 Å². The molecule has 0 spiro atoms. The smallest absolute Gasteiger partial charge is 0.357 e. The average molecular weight is 452 g/mol. The van der Waals surface area contributed by atoms with Crippen molar-refractivity contribution in [3.05, 3.63) is 71.2 Å². The summed E-state index contributed by atoms with van der Waals surface area (Å²) in [5.41, 5.74) is 1.63. The number of aromatic nitrogens is 2. The molecular formula is C25H25FN2O5. The molecule has 1 aliphatic carbocycles. The van der Waals surface area contributed by atoms with Gasteiger partial charge < -0.3 is 14.2 Å². The Morgan fingerprint density at radius 1 is 1.03 bits per heavy atom. The summed E-state index contributed by atoms with van der Waals surface area (Å²) >= 11 is 0. The van der Waals surface area contributed by atoms with Crippen molar-refractivity contribution in [3.63, 3.8) is 0 Å². The van der Waals surface area contributed by atoms with Crippen LogP contribution in [0.1, 0.15) is 52.1 Å². The molecule has 7 nitrogen and oxygen atoms in total. The number of hydrogen-bond acceptors (Lipinski definition) is 6. The standard InChI is InChI=1S/C25H25FN2O5/c1-31-24(29)21-22(27-28(23(21)25(30)32-2)18-8-4-3-5-9-18)20-13-12-17(26)14-16(20)15-33-19-10-6-7-11-19/h3-5,8-9,12-14,19H,6-7,10-11,15H2,1-2H3. The lowest BCUT2D eigenvalue weighted by Crippen LogP contribution is -2.15. The Bertz CT molecular complexity index is 1150.